The van der Waals surface area contributed by atoms with Crippen molar-refractivity contribution in [3.63, 3.8) is 0 Å². The molecular weight excluding hydrogens is 238 g/mol. The van der Waals surface area contributed by atoms with Crippen LogP contribution in [0.5, 0.6) is 0 Å². The maximum absolute atomic E-state index is 5.85. The Morgan fingerprint density at radius 1 is 1.21 bits per heavy atom. The molecule has 3 rings (SSSR count). The highest BCUT2D eigenvalue weighted by atomic mass is 16.5. The molecule has 2 heterocycles. The summed E-state index contributed by atoms with van der Waals surface area (Å²) in [5, 5.41) is 5.17. The minimum atomic E-state index is 0.269. The van der Waals surface area contributed by atoms with E-state index in [1.165, 1.54) is 0 Å². The van der Waals surface area contributed by atoms with E-state index in [9.17, 15) is 0 Å². The number of hydrogen-bond acceptors (Lipinski definition) is 4. The predicted octanol–water partition coefficient (Wildman–Crippen LogP) is 3.60. The van der Waals surface area contributed by atoms with Crippen LogP contribution in [-0.4, -0.2) is 10.1 Å². The van der Waals surface area contributed by atoms with Gasteiger partial charge in [0.2, 0.25) is 5.88 Å². The molecule has 0 atom stereocenters. The van der Waals surface area contributed by atoms with Crippen molar-refractivity contribution in [3.05, 3.63) is 42.1 Å². The molecule has 96 valence electrons. The lowest BCUT2D eigenvalue weighted by atomic mass is 9.98. The molecule has 0 amide bonds. The van der Waals surface area contributed by atoms with Gasteiger partial charge in [0.25, 0.3) is 0 Å². The smallest absolute Gasteiger partial charge is 0.226 e. The molecule has 4 heteroatoms. The van der Waals surface area contributed by atoms with Gasteiger partial charge in [-0.25, -0.2) is 0 Å². The second kappa shape index (κ2) is 4.39. The molecule has 2 aromatic heterocycles. The van der Waals surface area contributed by atoms with Crippen LogP contribution in [0.2, 0.25) is 0 Å². The van der Waals surface area contributed by atoms with Crippen LogP contribution in [0.1, 0.15) is 25.3 Å². The average molecular weight is 253 g/mol. The van der Waals surface area contributed by atoms with E-state index >= 15 is 0 Å². The van der Waals surface area contributed by atoms with Crippen molar-refractivity contribution in [2.75, 3.05) is 5.73 Å². The van der Waals surface area contributed by atoms with Crippen LogP contribution in [-0.2, 0) is 0 Å². The molecule has 3 aromatic rings. The van der Waals surface area contributed by atoms with Gasteiger partial charge in [0, 0.05) is 22.7 Å². The molecule has 19 heavy (non-hydrogen) atoms. The van der Waals surface area contributed by atoms with Gasteiger partial charge in [-0.05, 0) is 24.1 Å². The molecule has 4 nitrogen and oxygen atoms in total. The molecule has 0 aliphatic carbocycles. The second-order valence-corrected chi connectivity index (χ2v) is 4.87. The summed E-state index contributed by atoms with van der Waals surface area (Å²) < 4.78 is 5.14. The Bertz CT molecular complexity index is 731. The largest absolute Gasteiger partial charge is 0.367 e. The SMILES string of the molecule is CC(C)c1c(-c2ccc3ncccc3c2)noc1N. The third kappa shape index (κ3) is 1.95. The van der Waals surface area contributed by atoms with Crippen molar-refractivity contribution in [1.82, 2.24) is 10.1 Å². The number of nitrogens with zero attached hydrogens (tertiary/aromatic N) is 2. The first kappa shape index (κ1) is 11.7. The fourth-order valence-corrected chi connectivity index (χ4v) is 2.30. The number of nitrogen functional groups attached to an aromatic ring is 1. The highest BCUT2D eigenvalue weighted by Gasteiger charge is 2.18. The normalized spacial score (nSPS) is 11.3. The number of aromatic nitrogens is 2. The number of nitrogens with two attached hydrogens (primary N) is 1. The minimum absolute atomic E-state index is 0.269. The molecule has 2 N–H and O–H groups in total. The Labute approximate surface area is 111 Å². The number of fused-ring (bicyclic) bond motifs is 1. The molecular formula is C15H15N3O. The van der Waals surface area contributed by atoms with Crippen molar-refractivity contribution >= 4 is 16.8 Å². The Balaban J connectivity index is 2.19. The molecule has 0 aliphatic heterocycles. The lowest BCUT2D eigenvalue weighted by Gasteiger charge is -2.06. The topological polar surface area (TPSA) is 64.9 Å². The maximum atomic E-state index is 5.85. The van der Waals surface area contributed by atoms with E-state index in [2.05, 4.69) is 30.1 Å². The molecule has 0 radical (unpaired) electrons. The third-order valence-electron chi connectivity index (χ3n) is 3.21. The third-order valence-corrected chi connectivity index (χ3v) is 3.21. The Morgan fingerprint density at radius 2 is 2.05 bits per heavy atom. The number of pyridine rings is 1. The van der Waals surface area contributed by atoms with E-state index in [-0.39, 0.29) is 5.92 Å². The zero-order valence-electron chi connectivity index (χ0n) is 10.9. The van der Waals surface area contributed by atoms with E-state index < -0.39 is 0 Å². The van der Waals surface area contributed by atoms with Gasteiger partial charge in [0.1, 0.15) is 5.69 Å². The molecule has 1 aromatic carbocycles. The van der Waals surface area contributed by atoms with Crippen LogP contribution in [0, 0.1) is 0 Å². The average Bonchev–Trinajstić information content (AvgIpc) is 2.80. The van der Waals surface area contributed by atoms with Crippen molar-refractivity contribution in [2.24, 2.45) is 0 Å². The highest BCUT2D eigenvalue weighted by Crippen LogP contribution is 2.33. The summed E-state index contributed by atoms with van der Waals surface area (Å²) >= 11 is 0. The van der Waals surface area contributed by atoms with Gasteiger partial charge >= 0.3 is 0 Å². The summed E-state index contributed by atoms with van der Waals surface area (Å²) in [5.74, 6) is 0.669. The van der Waals surface area contributed by atoms with Crippen molar-refractivity contribution < 1.29 is 4.52 Å². The van der Waals surface area contributed by atoms with E-state index in [4.69, 9.17) is 10.3 Å². The molecule has 0 fully saturated rings. The van der Waals surface area contributed by atoms with Crippen LogP contribution >= 0.6 is 0 Å². The first-order valence-electron chi connectivity index (χ1n) is 6.27. The minimum Gasteiger partial charge on any atom is -0.367 e. The van der Waals surface area contributed by atoms with Crippen molar-refractivity contribution in [2.45, 2.75) is 19.8 Å². The van der Waals surface area contributed by atoms with Gasteiger partial charge in [0.15, 0.2) is 0 Å². The first-order valence-corrected chi connectivity index (χ1v) is 6.27. The first-order chi connectivity index (χ1) is 9.16. The fraction of sp³-hybridized carbons (Fsp3) is 0.200. The Morgan fingerprint density at radius 3 is 2.84 bits per heavy atom. The zero-order chi connectivity index (χ0) is 13.4. The highest BCUT2D eigenvalue weighted by molar-refractivity contribution is 5.84. The lowest BCUT2D eigenvalue weighted by molar-refractivity contribution is 0.438. The zero-order valence-corrected chi connectivity index (χ0v) is 10.9. The van der Waals surface area contributed by atoms with Crippen LogP contribution in [0.15, 0.2) is 41.1 Å². The number of hydrogen-bond donors (Lipinski definition) is 1. The van der Waals surface area contributed by atoms with E-state index in [1.807, 2.05) is 24.3 Å². The van der Waals surface area contributed by atoms with Gasteiger partial charge in [-0.1, -0.05) is 31.1 Å². The monoisotopic (exact) mass is 253 g/mol. The van der Waals surface area contributed by atoms with E-state index in [0.29, 0.717) is 5.88 Å². The van der Waals surface area contributed by atoms with Crippen LogP contribution in [0.4, 0.5) is 5.88 Å². The molecule has 0 saturated heterocycles. The number of benzene rings is 1. The maximum Gasteiger partial charge on any atom is 0.226 e. The molecule has 0 saturated carbocycles. The van der Waals surface area contributed by atoms with Crippen LogP contribution in [0.25, 0.3) is 22.2 Å². The molecule has 0 spiro atoms. The fourth-order valence-electron chi connectivity index (χ4n) is 2.30. The summed E-state index contributed by atoms with van der Waals surface area (Å²) in [4.78, 5) is 4.31. The Kier molecular flexibility index (Phi) is 2.71. The standard InChI is InChI=1S/C15H15N3O/c1-9(2)13-14(18-19-15(13)16)11-5-6-12-10(8-11)4-3-7-17-12/h3-9H,16H2,1-2H3. The van der Waals surface area contributed by atoms with Gasteiger partial charge in [-0.2, -0.15) is 0 Å². The number of rotatable bonds is 2. The van der Waals surface area contributed by atoms with E-state index in [1.54, 1.807) is 6.20 Å². The van der Waals surface area contributed by atoms with Gasteiger partial charge in [0.05, 0.1) is 5.52 Å². The lowest BCUT2D eigenvalue weighted by Crippen LogP contribution is -1.94. The molecule has 0 aliphatic rings. The van der Waals surface area contributed by atoms with Crippen LogP contribution in [0.3, 0.4) is 0 Å². The summed E-state index contributed by atoms with van der Waals surface area (Å²) in [6.45, 7) is 4.16. The summed E-state index contributed by atoms with van der Waals surface area (Å²) in [6, 6.07) is 10.0. The second-order valence-electron chi connectivity index (χ2n) is 4.87. The summed E-state index contributed by atoms with van der Waals surface area (Å²) in [7, 11) is 0. The quantitative estimate of drug-likeness (QED) is 0.757. The van der Waals surface area contributed by atoms with Crippen LogP contribution < -0.4 is 5.73 Å². The summed E-state index contributed by atoms with van der Waals surface area (Å²) in [6.07, 6.45) is 1.79. The van der Waals surface area contributed by atoms with Crippen molar-refractivity contribution in [1.29, 1.82) is 0 Å². The molecule has 0 unspecified atom stereocenters. The predicted molar refractivity (Wildman–Crippen MR) is 75.7 cm³/mol. The van der Waals surface area contributed by atoms with E-state index in [0.717, 1.165) is 27.7 Å². The van der Waals surface area contributed by atoms with Crippen molar-refractivity contribution in [3.8, 4) is 11.3 Å². The Hall–Kier alpha value is -2.36. The van der Waals surface area contributed by atoms with Gasteiger partial charge in [-0.15, -0.1) is 0 Å². The van der Waals surface area contributed by atoms with Gasteiger partial charge < -0.3 is 10.3 Å². The summed E-state index contributed by atoms with van der Waals surface area (Å²) in [5.41, 5.74) is 9.60. The molecule has 0 bridgehead atoms. The number of anilines is 1. The van der Waals surface area contributed by atoms with Gasteiger partial charge in [-0.3, -0.25) is 4.98 Å².